The van der Waals surface area contributed by atoms with Gasteiger partial charge in [0.1, 0.15) is 28.4 Å². The summed E-state index contributed by atoms with van der Waals surface area (Å²) in [6.07, 6.45) is -0.544. The molecule has 0 aliphatic rings. The van der Waals surface area contributed by atoms with E-state index >= 15 is 0 Å². The van der Waals surface area contributed by atoms with Gasteiger partial charge < -0.3 is 9.47 Å². The minimum absolute atomic E-state index is 0.0236. The number of anilines is 1. The largest absolute Gasteiger partial charge is 0.443 e. The fraction of sp³-hybridized carbons (Fsp3) is 0.417. The Bertz CT molecular complexity index is 1170. The smallest absolute Gasteiger partial charge is 0.418 e. The van der Waals surface area contributed by atoms with E-state index in [1.54, 1.807) is 36.4 Å². The Hall–Kier alpha value is -2.33. The van der Waals surface area contributed by atoms with Crippen molar-refractivity contribution in [2.45, 2.75) is 52.1 Å². The molecule has 0 radical (unpaired) electrons. The number of carbonyl (C=O) groups is 2. The van der Waals surface area contributed by atoms with E-state index in [4.69, 9.17) is 21.1 Å². The highest BCUT2D eigenvalue weighted by Gasteiger charge is 2.27. The van der Waals surface area contributed by atoms with Crippen LogP contribution in [0.25, 0.3) is 10.3 Å². The third kappa shape index (κ3) is 7.33. The molecule has 0 atom stereocenters. The first-order valence-electron chi connectivity index (χ1n) is 11.0. The van der Waals surface area contributed by atoms with Crippen molar-refractivity contribution in [1.82, 2.24) is 9.97 Å². The van der Waals surface area contributed by atoms with Gasteiger partial charge in [0.05, 0.1) is 0 Å². The van der Waals surface area contributed by atoms with Crippen LogP contribution >= 0.6 is 22.9 Å². The molecule has 0 aliphatic carbocycles. The van der Waals surface area contributed by atoms with Crippen LogP contribution in [0.3, 0.4) is 0 Å². The normalized spacial score (nSPS) is 12.1. The lowest BCUT2D eigenvalue weighted by molar-refractivity contribution is 0.0500. The maximum atomic E-state index is 12.9. The minimum Gasteiger partial charge on any atom is -0.443 e. The molecule has 0 bridgehead atoms. The average Bonchev–Trinajstić information content (AvgIpc) is 3.14. The van der Waals surface area contributed by atoms with Crippen molar-refractivity contribution in [3.05, 3.63) is 52.7 Å². The molecule has 7 nitrogen and oxygen atoms in total. The summed E-state index contributed by atoms with van der Waals surface area (Å²) in [5.74, 6) is -0.216. The standard InChI is InChI=1S/C24H30ClN3O4SSi/c1-24(2,3)32-23(30)28(15-31-13-14-34(4,5)6)22-27-19-12-11-18(26-21(19)33-22)20(29)16-7-9-17(25)10-8-16/h7-12H,13-15H2,1-6H3. The molecule has 0 fully saturated rings. The molecule has 0 saturated carbocycles. The van der Waals surface area contributed by atoms with E-state index in [-0.39, 0.29) is 12.5 Å². The Morgan fingerprint density at radius 2 is 1.74 bits per heavy atom. The number of rotatable bonds is 8. The number of ketones is 1. The lowest BCUT2D eigenvalue weighted by atomic mass is 10.1. The molecule has 1 aromatic carbocycles. The van der Waals surface area contributed by atoms with Crippen LogP contribution in [-0.2, 0) is 9.47 Å². The van der Waals surface area contributed by atoms with Gasteiger partial charge in [0, 0.05) is 25.3 Å². The molecule has 182 valence electrons. The summed E-state index contributed by atoms with van der Waals surface area (Å²) in [5.41, 5.74) is 0.705. The maximum Gasteiger partial charge on any atom is 0.418 e. The Morgan fingerprint density at radius 3 is 2.35 bits per heavy atom. The summed E-state index contributed by atoms with van der Waals surface area (Å²) in [5, 5.41) is 0.960. The van der Waals surface area contributed by atoms with Gasteiger partial charge in [0.2, 0.25) is 5.78 Å². The second-order valence-electron chi connectivity index (χ2n) is 10.1. The Labute approximate surface area is 210 Å². The van der Waals surface area contributed by atoms with Crippen LogP contribution in [0.15, 0.2) is 36.4 Å². The van der Waals surface area contributed by atoms with E-state index in [0.29, 0.717) is 38.4 Å². The summed E-state index contributed by atoms with van der Waals surface area (Å²) < 4.78 is 11.4. The topological polar surface area (TPSA) is 81.6 Å². The van der Waals surface area contributed by atoms with Gasteiger partial charge in [-0.05, 0) is 63.2 Å². The van der Waals surface area contributed by atoms with Crippen LogP contribution in [0, 0.1) is 0 Å². The van der Waals surface area contributed by atoms with Crippen molar-refractivity contribution in [1.29, 1.82) is 0 Å². The Morgan fingerprint density at radius 1 is 1.06 bits per heavy atom. The molecule has 3 aromatic rings. The van der Waals surface area contributed by atoms with Gasteiger partial charge in [0.15, 0.2) is 5.13 Å². The molecule has 0 spiro atoms. The summed E-state index contributed by atoms with van der Waals surface area (Å²) in [7, 11) is -1.27. The van der Waals surface area contributed by atoms with Gasteiger partial charge in [-0.3, -0.25) is 4.79 Å². The summed E-state index contributed by atoms with van der Waals surface area (Å²) in [4.78, 5) is 36.7. The molecule has 0 saturated heterocycles. The molecule has 3 rings (SSSR count). The Balaban J connectivity index is 1.85. The van der Waals surface area contributed by atoms with E-state index in [2.05, 4.69) is 29.6 Å². The number of nitrogens with zero attached hydrogens (tertiary/aromatic N) is 3. The highest BCUT2D eigenvalue weighted by Crippen LogP contribution is 2.29. The maximum absolute atomic E-state index is 12.9. The van der Waals surface area contributed by atoms with E-state index in [1.807, 2.05) is 20.8 Å². The van der Waals surface area contributed by atoms with Gasteiger partial charge in [-0.1, -0.05) is 42.6 Å². The summed E-state index contributed by atoms with van der Waals surface area (Å²) >= 11 is 7.13. The summed E-state index contributed by atoms with van der Waals surface area (Å²) in [6.45, 7) is 12.8. The predicted octanol–water partition coefficient (Wildman–Crippen LogP) is 6.63. The van der Waals surface area contributed by atoms with Crippen LogP contribution in [-0.4, -0.2) is 48.9 Å². The van der Waals surface area contributed by atoms with Crippen LogP contribution in [0.4, 0.5) is 9.93 Å². The second-order valence-corrected chi connectivity index (χ2v) is 17.1. The number of hydrogen-bond donors (Lipinski definition) is 0. The third-order valence-corrected chi connectivity index (χ3v) is 7.59. The number of pyridine rings is 1. The van der Waals surface area contributed by atoms with Crippen LogP contribution < -0.4 is 4.90 Å². The molecule has 0 unspecified atom stereocenters. The van der Waals surface area contributed by atoms with Crippen molar-refractivity contribution in [3.63, 3.8) is 0 Å². The zero-order valence-corrected chi connectivity index (χ0v) is 22.9. The van der Waals surface area contributed by atoms with Crippen molar-refractivity contribution < 1.29 is 19.1 Å². The summed E-state index contributed by atoms with van der Waals surface area (Å²) in [6, 6.07) is 11.0. The minimum atomic E-state index is -1.27. The van der Waals surface area contributed by atoms with E-state index in [9.17, 15) is 9.59 Å². The SMILES string of the molecule is CC(C)(C)OC(=O)N(COCC[Si](C)(C)C)c1nc2ccc(C(=O)c3ccc(Cl)cc3)nc2s1. The molecule has 0 aliphatic heterocycles. The number of thiazole rings is 1. The molecule has 34 heavy (non-hydrogen) atoms. The third-order valence-electron chi connectivity index (χ3n) is 4.64. The first kappa shape index (κ1) is 26.3. The zero-order chi connectivity index (χ0) is 25.1. The van der Waals surface area contributed by atoms with Crippen LogP contribution in [0.5, 0.6) is 0 Å². The molecular weight excluding hydrogens is 490 g/mol. The number of halogens is 1. The van der Waals surface area contributed by atoms with Crippen molar-refractivity contribution in [2.75, 3.05) is 18.2 Å². The predicted molar refractivity (Wildman–Crippen MR) is 140 cm³/mol. The molecule has 10 heteroatoms. The lowest BCUT2D eigenvalue weighted by Crippen LogP contribution is -2.38. The van der Waals surface area contributed by atoms with Gasteiger partial charge in [0.25, 0.3) is 0 Å². The van der Waals surface area contributed by atoms with Crippen molar-refractivity contribution in [2.24, 2.45) is 0 Å². The number of ether oxygens (including phenoxy) is 2. The van der Waals surface area contributed by atoms with E-state index in [1.165, 1.54) is 16.2 Å². The van der Waals surface area contributed by atoms with Gasteiger partial charge >= 0.3 is 6.09 Å². The number of carbonyl (C=O) groups excluding carboxylic acids is 2. The van der Waals surface area contributed by atoms with Gasteiger partial charge in [-0.15, -0.1) is 0 Å². The van der Waals surface area contributed by atoms with Gasteiger partial charge in [-0.2, -0.15) is 0 Å². The number of fused-ring (bicyclic) bond motifs is 1. The zero-order valence-electron chi connectivity index (χ0n) is 20.3. The molecular formula is C24H30ClN3O4SSi. The number of amides is 1. The fourth-order valence-electron chi connectivity index (χ4n) is 2.83. The van der Waals surface area contributed by atoms with Crippen molar-refractivity contribution >= 4 is 58.4 Å². The van der Waals surface area contributed by atoms with Gasteiger partial charge in [-0.25, -0.2) is 19.7 Å². The first-order valence-corrected chi connectivity index (χ1v) is 15.9. The number of aromatic nitrogens is 2. The Kier molecular flexibility index (Phi) is 8.13. The monoisotopic (exact) mass is 519 g/mol. The highest BCUT2D eigenvalue weighted by molar-refractivity contribution is 7.22. The van der Waals surface area contributed by atoms with E-state index in [0.717, 1.165) is 6.04 Å². The molecule has 2 aromatic heterocycles. The second kappa shape index (κ2) is 10.5. The number of hydrogen-bond acceptors (Lipinski definition) is 7. The van der Waals surface area contributed by atoms with Crippen LogP contribution in [0.2, 0.25) is 30.7 Å². The molecule has 1 amide bonds. The quantitative estimate of drug-likeness (QED) is 0.144. The van der Waals surface area contributed by atoms with E-state index < -0.39 is 19.8 Å². The fourth-order valence-corrected chi connectivity index (χ4v) is 4.63. The lowest BCUT2D eigenvalue weighted by Gasteiger charge is -2.26. The van der Waals surface area contributed by atoms with Crippen molar-refractivity contribution in [3.8, 4) is 0 Å². The van der Waals surface area contributed by atoms with Crippen LogP contribution in [0.1, 0.15) is 36.8 Å². The number of benzene rings is 1. The molecule has 0 N–H and O–H groups in total. The average molecular weight is 520 g/mol. The molecule has 2 heterocycles. The highest BCUT2D eigenvalue weighted by atomic mass is 35.5. The first-order chi connectivity index (χ1) is 15.8.